The van der Waals surface area contributed by atoms with Crippen LogP contribution in [0.3, 0.4) is 0 Å². The molecule has 4 aromatic rings. The van der Waals surface area contributed by atoms with Crippen molar-refractivity contribution in [2.45, 2.75) is 33.5 Å². The Labute approximate surface area is 193 Å². The van der Waals surface area contributed by atoms with Gasteiger partial charge in [-0.25, -0.2) is 14.4 Å². The molecule has 2 aliphatic heterocycles. The largest absolute Gasteiger partial charge is 0.389 e. The molecule has 0 saturated carbocycles. The number of pyridine rings is 1. The molecule has 9 heteroatoms. The van der Waals surface area contributed by atoms with Gasteiger partial charge in [-0.05, 0) is 36.0 Å². The Morgan fingerprint density at radius 1 is 1.27 bits per heavy atom. The van der Waals surface area contributed by atoms with Crippen LogP contribution in [0.15, 0.2) is 12.4 Å². The number of rotatable bonds is 2. The van der Waals surface area contributed by atoms with Crippen molar-refractivity contribution < 1.29 is 9.13 Å². The minimum absolute atomic E-state index is 0.263. The fourth-order valence-corrected chi connectivity index (χ4v) is 6.01. The van der Waals surface area contributed by atoms with Crippen molar-refractivity contribution in [2.75, 3.05) is 23.7 Å². The molecule has 1 saturated heterocycles. The normalized spacial score (nSPS) is 17.8. The SMILES string of the molecule is Cc1c(-c2ncc(F)c3sc(N)c(C#N)c23)c2c(c3cnc(N4CCC(C)C4)nc13)COC2. The molecule has 33 heavy (non-hydrogen) atoms. The van der Waals surface area contributed by atoms with Gasteiger partial charge in [0.15, 0.2) is 5.82 Å². The molecule has 3 aromatic heterocycles. The summed E-state index contributed by atoms with van der Waals surface area (Å²) >= 11 is 1.08. The number of fused-ring (bicyclic) bond motifs is 4. The molecule has 0 aliphatic carbocycles. The number of nitriles is 1. The summed E-state index contributed by atoms with van der Waals surface area (Å²) in [5.41, 5.74) is 11.5. The van der Waals surface area contributed by atoms with Crippen LogP contribution in [0.4, 0.5) is 15.3 Å². The minimum atomic E-state index is -0.481. The van der Waals surface area contributed by atoms with Gasteiger partial charge in [-0.15, -0.1) is 11.3 Å². The fourth-order valence-electron chi connectivity index (χ4n) is 5.09. The first-order valence-corrected chi connectivity index (χ1v) is 11.7. The van der Waals surface area contributed by atoms with E-state index in [1.807, 2.05) is 13.1 Å². The molecule has 0 amide bonds. The molecule has 1 unspecified atom stereocenters. The Kier molecular flexibility index (Phi) is 4.50. The number of anilines is 2. The summed E-state index contributed by atoms with van der Waals surface area (Å²) in [6, 6.07) is 2.15. The second-order valence-electron chi connectivity index (χ2n) is 8.83. The van der Waals surface area contributed by atoms with Crippen molar-refractivity contribution in [3.8, 4) is 17.3 Å². The number of aromatic nitrogens is 3. The Morgan fingerprint density at radius 3 is 2.85 bits per heavy atom. The third-order valence-corrected chi connectivity index (χ3v) is 7.77. The lowest BCUT2D eigenvalue weighted by Gasteiger charge is -2.19. The van der Waals surface area contributed by atoms with Gasteiger partial charge in [0, 0.05) is 35.6 Å². The second-order valence-corrected chi connectivity index (χ2v) is 9.89. The lowest BCUT2D eigenvalue weighted by Crippen LogP contribution is -2.21. The summed E-state index contributed by atoms with van der Waals surface area (Å²) in [7, 11) is 0. The van der Waals surface area contributed by atoms with E-state index in [0.717, 1.165) is 70.0 Å². The molecule has 7 nitrogen and oxygen atoms in total. The first-order chi connectivity index (χ1) is 16.0. The highest BCUT2D eigenvalue weighted by molar-refractivity contribution is 7.23. The average molecular weight is 461 g/mol. The smallest absolute Gasteiger partial charge is 0.225 e. The summed E-state index contributed by atoms with van der Waals surface area (Å²) in [6.07, 6.45) is 4.22. The Hall–Kier alpha value is -3.35. The van der Waals surface area contributed by atoms with Crippen molar-refractivity contribution in [3.05, 3.63) is 40.5 Å². The number of aryl methyl sites for hydroxylation is 1. The van der Waals surface area contributed by atoms with Crippen molar-refractivity contribution in [2.24, 2.45) is 5.92 Å². The van der Waals surface area contributed by atoms with Crippen molar-refractivity contribution >= 4 is 43.3 Å². The number of benzene rings is 1. The van der Waals surface area contributed by atoms with E-state index in [-0.39, 0.29) is 5.56 Å². The van der Waals surface area contributed by atoms with Crippen LogP contribution >= 0.6 is 11.3 Å². The highest BCUT2D eigenvalue weighted by atomic mass is 32.1. The Balaban J connectivity index is 1.67. The molecule has 0 bridgehead atoms. The van der Waals surface area contributed by atoms with Crippen LogP contribution < -0.4 is 10.6 Å². The van der Waals surface area contributed by atoms with Gasteiger partial charge in [-0.1, -0.05) is 6.92 Å². The number of nitrogens with two attached hydrogens (primary N) is 1. The van der Waals surface area contributed by atoms with Gasteiger partial charge in [0.25, 0.3) is 0 Å². The first kappa shape index (κ1) is 20.3. The standard InChI is InChI=1S/C24H21FN6OS/c1-11-3-4-31(8-11)24-29-6-14-15-9-32-10-16(15)18(12(2)20(14)30-24)21-19-13(5-26)23(27)33-22(19)17(25)7-28-21/h6-7,11H,3-4,8-10,27H2,1-2H3. The van der Waals surface area contributed by atoms with E-state index in [1.165, 1.54) is 6.20 Å². The third kappa shape index (κ3) is 2.91. The van der Waals surface area contributed by atoms with E-state index >= 15 is 0 Å². The molecule has 5 heterocycles. The van der Waals surface area contributed by atoms with Crippen LogP contribution in [-0.4, -0.2) is 28.0 Å². The van der Waals surface area contributed by atoms with E-state index in [2.05, 4.69) is 27.9 Å². The maximum absolute atomic E-state index is 14.6. The molecule has 1 aromatic carbocycles. The van der Waals surface area contributed by atoms with Crippen LogP contribution in [-0.2, 0) is 18.0 Å². The zero-order chi connectivity index (χ0) is 22.9. The summed E-state index contributed by atoms with van der Waals surface area (Å²) in [5.74, 6) is 0.847. The summed E-state index contributed by atoms with van der Waals surface area (Å²) < 4.78 is 20.8. The van der Waals surface area contributed by atoms with Crippen molar-refractivity contribution in [3.63, 3.8) is 0 Å². The number of nitrogen functional groups attached to an aromatic ring is 1. The predicted octanol–water partition coefficient (Wildman–Crippen LogP) is 4.68. The van der Waals surface area contributed by atoms with E-state index in [1.54, 1.807) is 0 Å². The molecule has 2 aliphatic rings. The van der Waals surface area contributed by atoms with E-state index in [0.29, 0.717) is 39.9 Å². The topological polar surface area (TPSA) is 101 Å². The Bertz CT molecular complexity index is 1510. The summed E-state index contributed by atoms with van der Waals surface area (Å²) in [5, 5.41) is 11.5. The second kappa shape index (κ2) is 7.33. The van der Waals surface area contributed by atoms with Gasteiger partial charge >= 0.3 is 0 Å². The highest BCUT2D eigenvalue weighted by Gasteiger charge is 2.29. The lowest BCUT2D eigenvalue weighted by atomic mass is 9.90. The number of hydrogen-bond donors (Lipinski definition) is 1. The molecule has 1 atom stereocenters. The lowest BCUT2D eigenvalue weighted by molar-refractivity contribution is 0.135. The van der Waals surface area contributed by atoms with Crippen molar-refractivity contribution in [1.82, 2.24) is 15.0 Å². The fraction of sp³-hybridized carbons (Fsp3) is 0.333. The van der Waals surface area contributed by atoms with Crippen molar-refractivity contribution in [1.29, 1.82) is 5.26 Å². The maximum atomic E-state index is 14.6. The molecule has 166 valence electrons. The number of hydrogen-bond acceptors (Lipinski definition) is 8. The molecule has 0 spiro atoms. The molecule has 2 N–H and O–H groups in total. The molecule has 0 radical (unpaired) electrons. The van der Waals surface area contributed by atoms with Crippen LogP contribution in [0.2, 0.25) is 0 Å². The van der Waals surface area contributed by atoms with E-state index in [4.69, 9.17) is 15.5 Å². The van der Waals surface area contributed by atoms with Gasteiger partial charge in [0.05, 0.1) is 40.9 Å². The summed E-state index contributed by atoms with van der Waals surface area (Å²) in [6.45, 7) is 6.97. The molecular formula is C24H21FN6OS. The van der Waals surface area contributed by atoms with Gasteiger partial charge in [-0.3, -0.25) is 4.98 Å². The van der Waals surface area contributed by atoms with Crippen LogP contribution in [0.5, 0.6) is 0 Å². The van der Waals surface area contributed by atoms with Gasteiger partial charge in [0.2, 0.25) is 5.95 Å². The third-order valence-electron chi connectivity index (χ3n) is 6.74. The Morgan fingerprint density at radius 2 is 2.09 bits per heavy atom. The number of thiophene rings is 1. The summed E-state index contributed by atoms with van der Waals surface area (Å²) in [4.78, 5) is 16.3. The monoisotopic (exact) mass is 460 g/mol. The molecular weight excluding hydrogens is 439 g/mol. The zero-order valence-electron chi connectivity index (χ0n) is 18.3. The maximum Gasteiger partial charge on any atom is 0.225 e. The first-order valence-electron chi connectivity index (χ1n) is 10.9. The van der Waals surface area contributed by atoms with Gasteiger partial charge < -0.3 is 15.4 Å². The van der Waals surface area contributed by atoms with Crippen LogP contribution in [0.25, 0.3) is 32.2 Å². The molecule has 1 fully saturated rings. The van der Waals surface area contributed by atoms with Gasteiger partial charge in [0.1, 0.15) is 11.1 Å². The quantitative estimate of drug-likeness (QED) is 0.463. The minimum Gasteiger partial charge on any atom is -0.389 e. The molecule has 6 rings (SSSR count). The number of ether oxygens (including phenoxy) is 1. The van der Waals surface area contributed by atoms with Gasteiger partial charge in [-0.2, -0.15) is 5.26 Å². The van der Waals surface area contributed by atoms with Crippen LogP contribution in [0.1, 0.15) is 35.6 Å². The predicted molar refractivity (Wildman–Crippen MR) is 126 cm³/mol. The average Bonchev–Trinajstić information content (AvgIpc) is 3.53. The highest BCUT2D eigenvalue weighted by Crippen LogP contribution is 2.45. The van der Waals surface area contributed by atoms with Crippen LogP contribution in [0, 0.1) is 30.0 Å². The number of halogens is 1. The zero-order valence-corrected chi connectivity index (χ0v) is 19.1. The van der Waals surface area contributed by atoms with E-state index in [9.17, 15) is 9.65 Å². The van der Waals surface area contributed by atoms with E-state index < -0.39 is 5.82 Å². The number of nitrogens with zero attached hydrogens (tertiary/aromatic N) is 5.